The van der Waals surface area contributed by atoms with Gasteiger partial charge in [-0.05, 0) is 6.07 Å². The highest BCUT2D eigenvalue weighted by atomic mass is 19.1. The lowest BCUT2D eigenvalue weighted by molar-refractivity contribution is 0.358. The van der Waals surface area contributed by atoms with E-state index in [0.717, 1.165) is 0 Å². The third-order valence-electron chi connectivity index (χ3n) is 2.46. The Morgan fingerprint density at radius 2 is 2.25 bits per heavy atom. The maximum Gasteiger partial charge on any atom is 0.173 e. The van der Waals surface area contributed by atoms with Gasteiger partial charge in [0.15, 0.2) is 11.6 Å². The van der Waals surface area contributed by atoms with Gasteiger partial charge in [-0.2, -0.15) is 0 Å². The third kappa shape index (κ3) is 1.24. The van der Waals surface area contributed by atoms with E-state index in [0.29, 0.717) is 16.7 Å². The summed E-state index contributed by atoms with van der Waals surface area (Å²) in [5, 5.41) is 4.03. The lowest BCUT2D eigenvalue weighted by atomic mass is 10.3. The maximum absolute atomic E-state index is 13.4. The Morgan fingerprint density at radius 1 is 1.38 bits per heavy atom. The summed E-state index contributed by atoms with van der Waals surface area (Å²) in [5.74, 6) is 0.318. The van der Waals surface area contributed by atoms with Gasteiger partial charge in [0.05, 0.1) is 11.7 Å². The number of aromatic amines is 1. The number of nitrogens with zero attached hydrogens (tertiary/aromatic N) is 3. The molecule has 2 aromatic heterocycles. The molecule has 0 aliphatic carbocycles. The zero-order chi connectivity index (χ0) is 11.1. The largest absolute Gasteiger partial charge is 0.358 e. The van der Waals surface area contributed by atoms with Crippen molar-refractivity contribution in [3.8, 4) is 0 Å². The first kappa shape index (κ1) is 9.17. The molecule has 1 aliphatic rings. The van der Waals surface area contributed by atoms with Crippen LogP contribution in [0.3, 0.4) is 0 Å². The van der Waals surface area contributed by atoms with E-state index in [1.807, 2.05) is 19.4 Å². The summed E-state index contributed by atoms with van der Waals surface area (Å²) in [7, 11) is 1.87. The summed E-state index contributed by atoms with van der Waals surface area (Å²) in [4.78, 5) is 7.06. The molecule has 16 heavy (non-hydrogen) atoms. The standard InChI is InChI=1S/C10H10FN5/c1-15-4-5-16(14-15)10-9-7(2-3-12-9)8(11)6-13-10/h2-6,12,14H,1H3. The van der Waals surface area contributed by atoms with Crippen molar-refractivity contribution in [2.45, 2.75) is 0 Å². The van der Waals surface area contributed by atoms with Crippen LogP contribution in [-0.2, 0) is 0 Å². The predicted octanol–water partition coefficient (Wildman–Crippen LogP) is 1.34. The molecule has 3 heterocycles. The van der Waals surface area contributed by atoms with E-state index in [1.54, 1.807) is 22.3 Å². The lowest BCUT2D eigenvalue weighted by Crippen LogP contribution is -2.37. The number of pyridine rings is 1. The van der Waals surface area contributed by atoms with Gasteiger partial charge in [0, 0.05) is 31.0 Å². The van der Waals surface area contributed by atoms with E-state index >= 15 is 0 Å². The Kier molecular flexibility index (Phi) is 1.84. The molecule has 2 N–H and O–H groups in total. The number of hydrogen-bond donors (Lipinski definition) is 2. The molecule has 6 heteroatoms. The molecule has 1 aliphatic heterocycles. The molecule has 0 amide bonds. The Balaban J connectivity index is 2.14. The molecular formula is C10H10FN5. The number of fused-ring (bicyclic) bond motifs is 1. The third-order valence-corrected chi connectivity index (χ3v) is 2.46. The topological polar surface area (TPSA) is 47.2 Å². The van der Waals surface area contributed by atoms with Crippen LogP contribution in [0.2, 0.25) is 0 Å². The molecule has 0 fully saturated rings. The molecule has 0 saturated carbocycles. The number of aromatic nitrogens is 2. The summed E-state index contributed by atoms with van der Waals surface area (Å²) >= 11 is 0. The van der Waals surface area contributed by atoms with Crippen LogP contribution in [-0.4, -0.2) is 22.0 Å². The molecule has 82 valence electrons. The van der Waals surface area contributed by atoms with Gasteiger partial charge in [-0.15, -0.1) is 5.53 Å². The molecule has 2 aromatic rings. The van der Waals surface area contributed by atoms with E-state index in [9.17, 15) is 4.39 Å². The second-order valence-electron chi connectivity index (χ2n) is 3.58. The van der Waals surface area contributed by atoms with Gasteiger partial charge in [0.2, 0.25) is 0 Å². The first-order valence-electron chi connectivity index (χ1n) is 4.84. The molecule has 0 aromatic carbocycles. The quantitative estimate of drug-likeness (QED) is 0.760. The molecule has 5 nitrogen and oxygen atoms in total. The van der Waals surface area contributed by atoms with Gasteiger partial charge in [0.25, 0.3) is 0 Å². The van der Waals surface area contributed by atoms with Crippen molar-refractivity contribution >= 4 is 16.7 Å². The van der Waals surface area contributed by atoms with Crippen molar-refractivity contribution in [3.05, 3.63) is 36.7 Å². The van der Waals surface area contributed by atoms with E-state index in [4.69, 9.17) is 0 Å². The van der Waals surface area contributed by atoms with Gasteiger partial charge in [-0.25, -0.2) is 14.4 Å². The number of nitrogens with one attached hydrogen (secondary N) is 2. The predicted molar refractivity (Wildman–Crippen MR) is 58.6 cm³/mol. The van der Waals surface area contributed by atoms with Gasteiger partial charge in [-0.3, -0.25) is 5.01 Å². The Bertz CT molecular complexity index is 561. The first-order chi connectivity index (χ1) is 7.75. The fourth-order valence-corrected chi connectivity index (χ4v) is 1.71. The van der Waals surface area contributed by atoms with Crippen LogP contribution in [0.1, 0.15) is 0 Å². The van der Waals surface area contributed by atoms with E-state index in [2.05, 4.69) is 15.5 Å². The summed E-state index contributed by atoms with van der Waals surface area (Å²) in [6.45, 7) is 0. The molecular weight excluding hydrogens is 209 g/mol. The molecule has 0 spiro atoms. The van der Waals surface area contributed by atoms with Crippen molar-refractivity contribution in [1.29, 1.82) is 0 Å². The average molecular weight is 219 g/mol. The molecule has 3 rings (SSSR count). The van der Waals surface area contributed by atoms with Crippen LogP contribution in [0.15, 0.2) is 30.9 Å². The smallest absolute Gasteiger partial charge is 0.173 e. The van der Waals surface area contributed by atoms with E-state index in [1.165, 1.54) is 6.20 Å². The highest BCUT2D eigenvalue weighted by Gasteiger charge is 2.16. The maximum atomic E-state index is 13.4. The van der Waals surface area contributed by atoms with Crippen molar-refractivity contribution < 1.29 is 4.39 Å². The fourth-order valence-electron chi connectivity index (χ4n) is 1.71. The Morgan fingerprint density at radius 3 is 3.00 bits per heavy atom. The number of halogens is 1. The van der Waals surface area contributed by atoms with Gasteiger partial charge in [-0.1, -0.05) is 0 Å². The minimum atomic E-state index is -0.323. The lowest BCUT2D eigenvalue weighted by Gasteiger charge is -2.18. The van der Waals surface area contributed by atoms with Crippen LogP contribution >= 0.6 is 0 Å². The van der Waals surface area contributed by atoms with Gasteiger partial charge < -0.3 is 4.98 Å². The number of hydrazine groups is 2. The number of H-pyrrole nitrogens is 1. The second-order valence-corrected chi connectivity index (χ2v) is 3.58. The van der Waals surface area contributed by atoms with Crippen LogP contribution in [0.25, 0.3) is 10.9 Å². The minimum absolute atomic E-state index is 0.323. The summed E-state index contributed by atoms with van der Waals surface area (Å²) in [5.41, 5.74) is 3.70. The number of hydrogen-bond acceptors (Lipinski definition) is 4. The van der Waals surface area contributed by atoms with Gasteiger partial charge in [0.1, 0.15) is 0 Å². The van der Waals surface area contributed by atoms with E-state index in [-0.39, 0.29) is 5.82 Å². The Hall–Kier alpha value is -2.08. The molecule has 0 bridgehead atoms. The second kappa shape index (κ2) is 3.21. The number of anilines is 1. The SMILES string of the molecule is CN1C=CN(c2ncc(F)c3cc[nH]c23)N1. The fraction of sp³-hybridized carbons (Fsp3) is 0.100. The van der Waals surface area contributed by atoms with Crippen molar-refractivity contribution in [2.75, 3.05) is 12.1 Å². The van der Waals surface area contributed by atoms with Crippen molar-refractivity contribution in [3.63, 3.8) is 0 Å². The van der Waals surface area contributed by atoms with Crippen LogP contribution in [0, 0.1) is 5.82 Å². The zero-order valence-electron chi connectivity index (χ0n) is 8.61. The highest BCUT2D eigenvalue weighted by Crippen LogP contribution is 2.25. The molecule has 0 radical (unpaired) electrons. The van der Waals surface area contributed by atoms with Crippen molar-refractivity contribution in [1.82, 2.24) is 20.5 Å². The highest BCUT2D eigenvalue weighted by molar-refractivity contribution is 5.89. The first-order valence-corrected chi connectivity index (χ1v) is 4.84. The minimum Gasteiger partial charge on any atom is -0.358 e. The molecule has 0 saturated heterocycles. The normalized spacial score (nSPS) is 15.4. The molecule has 0 unspecified atom stereocenters. The number of rotatable bonds is 1. The molecule has 0 atom stereocenters. The zero-order valence-corrected chi connectivity index (χ0v) is 8.61. The summed E-state index contributed by atoms with van der Waals surface area (Å²) < 4.78 is 13.4. The van der Waals surface area contributed by atoms with Crippen LogP contribution < -0.4 is 10.5 Å². The summed E-state index contributed by atoms with van der Waals surface area (Å²) in [6, 6.07) is 1.69. The monoisotopic (exact) mass is 219 g/mol. The van der Waals surface area contributed by atoms with Gasteiger partial charge >= 0.3 is 0 Å². The van der Waals surface area contributed by atoms with Crippen LogP contribution in [0.4, 0.5) is 10.2 Å². The van der Waals surface area contributed by atoms with Crippen LogP contribution in [0.5, 0.6) is 0 Å². The van der Waals surface area contributed by atoms with Crippen molar-refractivity contribution in [2.24, 2.45) is 0 Å². The Labute approximate surface area is 91.1 Å². The van der Waals surface area contributed by atoms with E-state index < -0.39 is 0 Å². The summed E-state index contributed by atoms with van der Waals surface area (Å²) in [6.07, 6.45) is 6.59. The average Bonchev–Trinajstić information content (AvgIpc) is 2.87.